The van der Waals surface area contributed by atoms with E-state index in [2.05, 4.69) is 15.1 Å². The minimum atomic E-state index is -0.568. The lowest BCUT2D eigenvalue weighted by Crippen LogP contribution is -2.45. The van der Waals surface area contributed by atoms with Crippen molar-refractivity contribution in [3.63, 3.8) is 0 Å². The predicted octanol–water partition coefficient (Wildman–Crippen LogP) is 2.94. The van der Waals surface area contributed by atoms with Crippen molar-refractivity contribution >= 4 is 17.1 Å². The number of aromatic nitrogens is 4. The summed E-state index contributed by atoms with van der Waals surface area (Å²) in [6, 6.07) is 7.35. The zero-order chi connectivity index (χ0) is 21.1. The highest BCUT2D eigenvalue weighted by molar-refractivity contribution is 5.81. The van der Waals surface area contributed by atoms with Gasteiger partial charge in [-0.05, 0) is 51.0 Å². The average Bonchev–Trinajstić information content (AvgIpc) is 3.12. The van der Waals surface area contributed by atoms with Crippen LogP contribution in [0.4, 0.5) is 0 Å². The molecule has 0 radical (unpaired) electrons. The van der Waals surface area contributed by atoms with Crippen molar-refractivity contribution in [2.45, 2.75) is 38.7 Å². The lowest BCUT2D eigenvalue weighted by Gasteiger charge is -2.33. The molecule has 1 saturated heterocycles. The highest BCUT2D eigenvalue weighted by Crippen LogP contribution is 2.30. The van der Waals surface area contributed by atoms with E-state index in [1.54, 1.807) is 24.0 Å². The highest BCUT2D eigenvalue weighted by Gasteiger charge is 2.31. The number of rotatable bonds is 6. The number of hydrogen-bond donors (Lipinski definition) is 0. The quantitative estimate of drug-likeness (QED) is 0.623. The molecule has 3 heterocycles. The van der Waals surface area contributed by atoms with Crippen molar-refractivity contribution in [2.75, 3.05) is 19.7 Å². The summed E-state index contributed by atoms with van der Waals surface area (Å²) in [5, 5.41) is 4.65. The number of piperidine rings is 1. The largest absolute Gasteiger partial charge is 0.494 e. The van der Waals surface area contributed by atoms with Crippen molar-refractivity contribution in [2.24, 2.45) is 7.05 Å². The zero-order valence-electron chi connectivity index (χ0n) is 17.6. The number of nitrogens with zero attached hydrogens (tertiary/aromatic N) is 5. The molecule has 8 heteroatoms. The Hall–Kier alpha value is -3.16. The molecule has 0 saturated carbocycles. The summed E-state index contributed by atoms with van der Waals surface area (Å²) in [7, 11) is 1.87. The second-order valence-corrected chi connectivity index (χ2v) is 7.53. The summed E-state index contributed by atoms with van der Waals surface area (Å²) in [4.78, 5) is 23.8. The smallest absolute Gasteiger partial charge is 0.263 e. The summed E-state index contributed by atoms with van der Waals surface area (Å²) in [6.07, 6.45) is 4.68. The number of ether oxygens (including phenoxy) is 2. The molecule has 0 spiro atoms. The molecule has 2 aromatic heterocycles. The number of hydrogen-bond acceptors (Lipinski definition) is 6. The second-order valence-electron chi connectivity index (χ2n) is 7.53. The van der Waals surface area contributed by atoms with Gasteiger partial charge in [-0.25, -0.2) is 14.6 Å². The lowest BCUT2D eigenvalue weighted by molar-refractivity contribution is -0.139. The second kappa shape index (κ2) is 8.69. The molecule has 1 amide bonds. The minimum Gasteiger partial charge on any atom is -0.494 e. The Balaban J connectivity index is 1.44. The maximum Gasteiger partial charge on any atom is 0.263 e. The van der Waals surface area contributed by atoms with E-state index in [1.165, 1.54) is 0 Å². The summed E-state index contributed by atoms with van der Waals surface area (Å²) >= 11 is 0. The SMILES string of the molecule is CCOc1ccc(O[C@H](C)C(=O)N2CCC[C@H](c3nn(C)c4nccnc34)C2)cc1. The van der Waals surface area contributed by atoms with Gasteiger partial charge in [0, 0.05) is 38.4 Å². The molecular formula is C22H27N5O3. The molecule has 1 aromatic carbocycles. The molecule has 0 N–H and O–H groups in total. The molecule has 2 atom stereocenters. The van der Waals surface area contributed by atoms with Crippen molar-refractivity contribution < 1.29 is 14.3 Å². The van der Waals surface area contributed by atoms with E-state index in [-0.39, 0.29) is 11.8 Å². The molecule has 4 rings (SSSR count). The number of carbonyl (C=O) groups excluding carboxylic acids is 1. The first-order valence-electron chi connectivity index (χ1n) is 10.4. The number of aryl methyl sites for hydroxylation is 1. The fourth-order valence-electron chi connectivity index (χ4n) is 3.97. The molecule has 30 heavy (non-hydrogen) atoms. The number of likely N-dealkylation sites (tertiary alicyclic amines) is 1. The van der Waals surface area contributed by atoms with Crippen LogP contribution in [0.25, 0.3) is 11.2 Å². The summed E-state index contributed by atoms with van der Waals surface area (Å²) in [6.45, 7) is 5.69. The topological polar surface area (TPSA) is 82.4 Å². The van der Waals surface area contributed by atoms with Gasteiger partial charge in [0.25, 0.3) is 5.91 Å². The third-order valence-corrected chi connectivity index (χ3v) is 5.40. The van der Waals surface area contributed by atoms with E-state index in [4.69, 9.17) is 9.47 Å². The van der Waals surface area contributed by atoms with Gasteiger partial charge < -0.3 is 14.4 Å². The van der Waals surface area contributed by atoms with Gasteiger partial charge in [-0.2, -0.15) is 5.10 Å². The van der Waals surface area contributed by atoms with Crippen LogP contribution in [0.2, 0.25) is 0 Å². The van der Waals surface area contributed by atoms with E-state index in [0.717, 1.165) is 42.0 Å². The van der Waals surface area contributed by atoms with Crippen molar-refractivity contribution in [3.8, 4) is 11.5 Å². The van der Waals surface area contributed by atoms with Crippen LogP contribution < -0.4 is 9.47 Å². The Bertz CT molecular complexity index is 1020. The van der Waals surface area contributed by atoms with Crippen molar-refractivity contribution in [3.05, 3.63) is 42.4 Å². The monoisotopic (exact) mass is 409 g/mol. The number of amides is 1. The summed E-state index contributed by atoms with van der Waals surface area (Å²) in [5.41, 5.74) is 2.50. The first kappa shape index (κ1) is 20.1. The molecule has 1 aliphatic rings. The first-order chi connectivity index (χ1) is 14.6. The van der Waals surface area contributed by atoms with Gasteiger partial charge in [-0.3, -0.25) is 4.79 Å². The van der Waals surface area contributed by atoms with Gasteiger partial charge >= 0.3 is 0 Å². The molecule has 0 unspecified atom stereocenters. The van der Waals surface area contributed by atoms with Crippen LogP contribution in [-0.4, -0.2) is 56.4 Å². The summed E-state index contributed by atoms with van der Waals surface area (Å²) < 4.78 is 13.1. The third-order valence-electron chi connectivity index (χ3n) is 5.40. The van der Waals surface area contributed by atoms with E-state index in [9.17, 15) is 4.79 Å². The van der Waals surface area contributed by atoms with Crippen LogP contribution in [0.3, 0.4) is 0 Å². The Kier molecular flexibility index (Phi) is 5.83. The standard InChI is InChI=1S/C22H27N5O3/c1-4-29-17-7-9-18(10-8-17)30-15(2)22(28)27-13-5-6-16(14-27)19-20-21(26(3)25-19)24-12-11-23-20/h7-12,15-16H,4-6,13-14H2,1-3H3/t15-,16+/m1/s1. The molecule has 3 aromatic rings. The van der Waals surface area contributed by atoms with Crippen LogP contribution >= 0.6 is 0 Å². The van der Waals surface area contributed by atoms with Gasteiger partial charge in [0.1, 0.15) is 17.0 Å². The fraction of sp³-hybridized carbons (Fsp3) is 0.455. The van der Waals surface area contributed by atoms with E-state index < -0.39 is 6.10 Å². The van der Waals surface area contributed by atoms with Crippen LogP contribution in [0.15, 0.2) is 36.7 Å². The average molecular weight is 409 g/mol. The van der Waals surface area contributed by atoms with Crippen LogP contribution in [-0.2, 0) is 11.8 Å². The molecule has 0 bridgehead atoms. The normalized spacial score (nSPS) is 17.7. The Labute approximate surface area is 175 Å². The van der Waals surface area contributed by atoms with Gasteiger partial charge in [0.05, 0.1) is 12.3 Å². The predicted molar refractivity (Wildman–Crippen MR) is 113 cm³/mol. The Morgan fingerprint density at radius 1 is 1.20 bits per heavy atom. The first-order valence-corrected chi connectivity index (χ1v) is 10.4. The maximum atomic E-state index is 13.0. The van der Waals surface area contributed by atoms with Gasteiger partial charge in [0.15, 0.2) is 11.8 Å². The molecule has 0 aliphatic carbocycles. The van der Waals surface area contributed by atoms with Crippen LogP contribution in [0, 0.1) is 0 Å². The molecule has 8 nitrogen and oxygen atoms in total. The highest BCUT2D eigenvalue weighted by atomic mass is 16.5. The fourth-order valence-corrected chi connectivity index (χ4v) is 3.97. The summed E-state index contributed by atoms with van der Waals surface area (Å²) in [5.74, 6) is 1.56. The zero-order valence-corrected chi connectivity index (χ0v) is 17.6. The van der Waals surface area contributed by atoms with E-state index in [1.807, 2.05) is 43.1 Å². The Morgan fingerprint density at radius 3 is 2.70 bits per heavy atom. The van der Waals surface area contributed by atoms with Crippen molar-refractivity contribution in [1.82, 2.24) is 24.6 Å². The van der Waals surface area contributed by atoms with Gasteiger partial charge in [0.2, 0.25) is 0 Å². The number of fused-ring (bicyclic) bond motifs is 1. The number of carbonyl (C=O) groups is 1. The van der Waals surface area contributed by atoms with E-state index in [0.29, 0.717) is 18.9 Å². The molecule has 1 fully saturated rings. The lowest BCUT2D eigenvalue weighted by atomic mass is 9.94. The number of benzene rings is 1. The van der Waals surface area contributed by atoms with Crippen LogP contribution in [0.5, 0.6) is 11.5 Å². The van der Waals surface area contributed by atoms with Gasteiger partial charge in [-0.1, -0.05) is 0 Å². The third kappa shape index (κ3) is 4.08. The molecule has 1 aliphatic heterocycles. The molecular weight excluding hydrogens is 382 g/mol. The maximum absolute atomic E-state index is 13.0. The Morgan fingerprint density at radius 2 is 1.93 bits per heavy atom. The molecule has 158 valence electrons. The van der Waals surface area contributed by atoms with E-state index >= 15 is 0 Å². The van der Waals surface area contributed by atoms with Crippen molar-refractivity contribution in [1.29, 1.82) is 0 Å². The van der Waals surface area contributed by atoms with Gasteiger partial charge in [-0.15, -0.1) is 0 Å². The van der Waals surface area contributed by atoms with Crippen LogP contribution in [0.1, 0.15) is 38.3 Å². The minimum absolute atomic E-state index is 0.0140.